The van der Waals surface area contributed by atoms with Crippen LogP contribution in [0.2, 0.25) is 0 Å². The molecule has 0 saturated heterocycles. The average molecular weight is 203 g/mol. The molecule has 0 fully saturated rings. The lowest BCUT2D eigenvalue weighted by molar-refractivity contribution is -0.889. The van der Waals surface area contributed by atoms with Gasteiger partial charge in [-0.3, -0.25) is 4.79 Å². The van der Waals surface area contributed by atoms with Gasteiger partial charge in [0.05, 0.1) is 21.1 Å². The molecule has 5 nitrogen and oxygen atoms in total. The Kier molecular flexibility index (Phi) is 4.22. The Hall–Kier alpha value is -0.940. The molecule has 5 heteroatoms. The number of carboxylic acids is 1. The zero-order valence-electron chi connectivity index (χ0n) is 8.98. The second kappa shape index (κ2) is 4.52. The quantitative estimate of drug-likeness (QED) is 0.532. The van der Waals surface area contributed by atoms with Crippen LogP contribution in [-0.2, 0) is 9.59 Å². The van der Waals surface area contributed by atoms with E-state index in [0.29, 0.717) is 0 Å². The van der Waals surface area contributed by atoms with E-state index in [2.05, 4.69) is 0 Å². The number of rotatable bonds is 5. The molecule has 1 N–H and O–H groups in total. The van der Waals surface area contributed by atoms with Crippen molar-refractivity contribution in [3.63, 3.8) is 0 Å². The first-order chi connectivity index (χ1) is 6.16. The van der Waals surface area contributed by atoms with Gasteiger partial charge < -0.3 is 19.5 Å². The van der Waals surface area contributed by atoms with Crippen molar-refractivity contribution in [1.82, 2.24) is 0 Å². The predicted molar refractivity (Wildman–Crippen MR) is 48.1 cm³/mol. The molecular weight excluding hydrogens is 186 g/mol. The molecule has 0 saturated carbocycles. The number of aliphatic carboxylic acids is 1. The molecule has 0 aromatic heterocycles. The van der Waals surface area contributed by atoms with Crippen molar-refractivity contribution in [2.75, 3.05) is 21.1 Å². The van der Waals surface area contributed by atoms with Crippen molar-refractivity contribution in [3.8, 4) is 0 Å². The summed E-state index contributed by atoms with van der Waals surface area (Å²) in [5.41, 5.74) is 0. The maximum atomic E-state index is 11.2. The molecule has 2 unspecified atom stereocenters. The van der Waals surface area contributed by atoms with Gasteiger partial charge in [0, 0.05) is 19.3 Å². The van der Waals surface area contributed by atoms with E-state index >= 15 is 0 Å². The molecule has 0 bridgehead atoms. The van der Waals surface area contributed by atoms with Crippen molar-refractivity contribution >= 4 is 11.8 Å². The summed E-state index contributed by atoms with van der Waals surface area (Å²) in [6.07, 6.45) is -1.71. The summed E-state index contributed by atoms with van der Waals surface area (Å²) in [6.45, 7) is 1.34. The van der Waals surface area contributed by atoms with Gasteiger partial charge >= 0.3 is 0 Å². The van der Waals surface area contributed by atoms with Crippen LogP contribution in [0.3, 0.4) is 0 Å². The largest absolute Gasteiger partial charge is 0.550 e. The zero-order valence-corrected chi connectivity index (χ0v) is 8.98. The minimum atomic E-state index is -1.35. The Labute approximate surface area is 83.5 Å². The van der Waals surface area contributed by atoms with Crippen LogP contribution in [0.5, 0.6) is 0 Å². The van der Waals surface area contributed by atoms with Crippen LogP contribution < -0.4 is 5.11 Å². The third kappa shape index (κ3) is 3.85. The fourth-order valence-electron chi connectivity index (χ4n) is 1.61. The molecule has 0 spiro atoms. The standard InChI is InChI=1S/C9H17NO4/c1-6(11)9(10(2,3)4)7(12)5-8(13)14/h7,9,12H,5H2,1-4H3. The number of aliphatic hydroxyl groups excluding tert-OH is 1. The lowest BCUT2D eigenvalue weighted by Crippen LogP contribution is -2.56. The van der Waals surface area contributed by atoms with Gasteiger partial charge in [-0.2, -0.15) is 0 Å². The van der Waals surface area contributed by atoms with Crippen molar-refractivity contribution < 1.29 is 24.3 Å². The van der Waals surface area contributed by atoms with Crippen LogP contribution in [0.1, 0.15) is 13.3 Å². The van der Waals surface area contributed by atoms with Crippen LogP contribution in [-0.4, -0.2) is 54.6 Å². The van der Waals surface area contributed by atoms with Crippen molar-refractivity contribution in [2.24, 2.45) is 0 Å². The monoisotopic (exact) mass is 203 g/mol. The number of nitrogens with zero attached hydrogens (tertiary/aromatic N) is 1. The topological polar surface area (TPSA) is 77.4 Å². The van der Waals surface area contributed by atoms with E-state index in [-0.39, 0.29) is 10.3 Å². The number of Topliss-reactive ketones (excluding diaryl/α,β-unsaturated/α-hetero) is 1. The molecule has 0 rings (SSSR count). The number of carbonyl (C=O) groups is 2. The Balaban J connectivity index is 4.67. The third-order valence-corrected chi connectivity index (χ3v) is 1.99. The molecule has 0 amide bonds. The summed E-state index contributed by atoms with van der Waals surface area (Å²) >= 11 is 0. The second-order valence-electron chi connectivity index (χ2n) is 4.32. The molecule has 0 aliphatic carbocycles. The second-order valence-corrected chi connectivity index (χ2v) is 4.32. The first-order valence-corrected chi connectivity index (χ1v) is 4.35. The molecule has 0 heterocycles. The van der Waals surface area contributed by atoms with Crippen LogP contribution in [0, 0.1) is 0 Å². The van der Waals surface area contributed by atoms with E-state index in [1.54, 1.807) is 21.1 Å². The highest BCUT2D eigenvalue weighted by Gasteiger charge is 2.35. The summed E-state index contributed by atoms with van der Waals surface area (Å²) in [6, 6.07) is -0.729. The number of hydrogen-bond acceptors (Lipinski definition) is 4. The van der Waals surface area contributed by atoms with Crippen molar-refractivity contribution in [2.45, 2.75) is 25.5 Å². The van der Waals surface area contributed by atoms with Crippen LogP contribution >= 0.6 is 0 Å². The minimum Gasteiger partial charge on any atom is -0.550 e. The first-order valence-electron chi connectivity index (χ1n) is 4.35. The van der Waals surface area contributed by atoms with E-state index in [9.17, 15) is 19.8 Å². The Morgan fingerprint density at radius 1 is 1.36 bits per heavy atom. The highest BCUT2D eigenvalue weighted by atomic mass is 16.4. The van der Waals surface area contributed by atoms with E-state index < -0.39 is 24.5 Å². The number of likely N-dealkylation sites (N-methyl/N-ethyl adjacent to an activating group) is 1. The maximum Gasteiger partial charge on any atom is 0.189 e. The van der Waals surface area contributed by atoms with Crippen LogP contribution in [0.25, 0.3) is 0 Å². The Morgan fingerprint density at radius 2 is 1.79 bits per heavy atom. The van der Waals surface area contributed by atoms with E-state index in [1.807, 2.05) is 0 Å². The molecule has 2 atom stereocenters. The lowest BCUT2D eigenvalue weighted by Gasteiger charge is -2.35. The van der Waals surface area contributed by atoms with Crippen LogP contribution in [0.4, 0.5) is 0 Å². The molecule has 0 aromatic rings. The SMILES string of the molecule is CC(=O)C(C(O)CC(=O)[O-])[N+](C)(C)C. The molecule has 82 valence electrons. The minimum absolute atomic E-state index is 0.198. The van der Waals surface area contributed by atoms with Gasteiger partial charge in [-0.05, 0) is 0 Å². The maximum absolute atomic E-state index is 11.2. The molecule has 14 heavy (non-hydrogen) atoms. The first kappa shape index (κ1) is 13.1. The van der Waals surface area contributed by atoms with Gasteiger partial charge in [0.1, 0.15) is 6.10 Å². The summed E-state index contributed by atoms with van der Waals surface area (Å²) < 4.78 is 0.198. The number of ketones is 1. The predicted octanol–water partition coefficient (Wildman–Crippen LogP) is -1.85. The van der Waals surface area contributed by atoms with Gasteiger partial charge in [-0.15, -0.1) is 0 Å². The number of hydrogen-bond donors (Lipinski definition) is 1. The summed E-state index contributed by atoms with van der Waals surface area (Å²) in [7, 11) is 5.18. The number of carboxylic acid groups (broad SMARTS) is 1. The Bertz CT molecular complexity index is 231. The average Bonchev–Trinajstić information content (AvgIpc) is 1.78. The van der Waals surface area contributed by atoms with E-state index in [1.165, 1.54) is 6.92 Å². The number of carbonyl (C=O) groups excluding carboxylic acids is 2. The van der Waals surface area contributed by atoms with Gasteiger partial charge in [0.25, 0.3) is 0 Å². The summed E-state index contributed by atoms with van der Waals surface area (Å²) in [4.78, 5) is 21.5. The van der Waals surface area contributed by atoms with Gasteiger partial charge in [-0.1, -0.05) is 0 Å². The smallest absolute Gasteiger partial charge is 0.189 e. The number of quaternary nitrogens is 1. The van der Waals surface area contributed by atoms with Gasteiger partial charge in [0.15, 0.2) is 11.8 Å². The lowest BCUT2D eigenvalue weighted by atomic mass is 10.0. The molecule has 0 aliphatic rings. The van der Waals surface area contributed by atoms with Gasteiger partial charge in [-0.25, -0.2) is 0 Å². The zero-order chi connectivity index (χ0) is 11.5. The molecule has 0 aromatic carbocycles. The molecule has 0 radical (unpaired) electrons. The Morgan fingerprint density at radius 3 is 2.00 bits per heavy atom. The third-order valence-electron chi connectivity index (χ3n) is 1.99. The summed E-state index contributed by atoms with van der Waals surface area (Å²) in [5, 5.41) is 19.8. The van der Waals surface area contributed by atoms with Crippen molar-refractivity contribution in [1.29, 1.82) is 0 Å². The van der Waals surface area contributed by atoms with Crippen molar-refractivity contribution in [3.05, 3.63) is 0 Å². The summed E-state index contributed by atoms with van der Waals surface area (Å²) in [5.74, 6) is -1.58. The highest BCUT2D eigenvalue weighted by molar-refractivity contribution is 5.81. The van der Waals surface area contributed by atoms with E-state index in [4.69, 9.17) is 0 Å². The van der Waals surface area contributed by atoms with Crippen LogP contribution in [0.15, 0.2) is 0 Å². The van der Waals surface area contributed by atoms with E-state index in [0.717, 1.165) is 0 Å². The fraction of sp³-hybridized carbons (Fsp3) is 0.778. The highest BCUT2D eigenvalue weighted by Crippen LogP contribution is 2.11. The molecule has 0 aliphatic heterocycles. The normalized spacial score (nSPS) is 16.1. The van der Waals surface area contributed by atoms with Gasteiger partial charge in [0.2, 0.25) is 0 Å². The number of aliphatic hydroxyl groups is 1. The molecular formula is C9H17NO4. The fourth-order valence-corrected chi connectivity index (χ4v) is 1.61.